The van der Waals surface area contributed by atoms with Gasteiger partial charge in [-0.15, -0.1) is 0 Å². The predicted octanol–water partition coefficient (Wildman–Crippen LogP) is 2.00. The molecule has 0 fully saturated rings. The Morgan fingerprint density at radius 3 is 2.33 bits per heavy atom. The quantitative estimate of drug-likeness (QED) is 0.423. The highest BCUT2D eigenvalue weighted by molar-refractivity contribution is 6.30. The fourth-order valence-electron chi connectivity index (χ4n) is 0.640. The molecule has 0 radical (unpaired) electrons. The molecule has 0 aliphatic carbocycles. The number of nitrogens with one attached hydrogen (secondary N) is 1. The van der Waals surface area contributed by atoms with Gasteiger partial charge in [-0.3, -0.25) is 10.1 Å². The zero-order chi connectivity index (χ0) is 9.14. The van der Waals surface area contributed by atoms with Crippen LogP contribution < -0.4 is 4.98 Å². The van der Waals surface area contributed by atoms with Gasteiger partial charge in [0.2, 0.25) is 0 Å². The van der Waals surface area contributed by atoms with E-state index in [0.717, 1.165) is 0 Å². The van der Waals surface area contributed by atoms with Gasteiger partial charge in [0.05, 0.1) is 0 Å². The van der Waals surface area contributed by atoms with Crippen LogP contribution in [0.5, 0.6) is 0 Å². The van der Waals surface area contributed by atoms with E-state index in [4.69, 9.17) is 23.2 Å². The molecule has 1 heterocycles. The standard InChI is InChI=1S/C5H2Cl2N3O2/c6-4-1-3(9-10(11)12)2-5(7)8-4/h1-2H/q-1/p+1. The van der Waals surface area contributed by atoms with E-state index in [9.17, 15) is 10.1 Å². The Bertz CT molecular complexity index is 297. The molecule has 1 aromatic heterocycles. The van der Waals surface area contributed by atoms with Crippen LogP contribution in [0.2, 0.25) is 10.3 Å². The zero-order valence-electron chi connectivity index (χ0n) is 5.62. The lowest BCUT2D eigenvalue weighted by Gasteiger charge is -2.06. The van der Waals surface area contributed by atoms with Gasteiger partial charge in [0.25, 0.3) is 10.3 Å². The molecular weight excluding hydrogens is 205 g/mol. The van der Waals surface area contributed by atoms with Crippen LogP contribution in [0, 0.1) is 10.1 Å². The lowest BCUT2D eigenvalue weighted by Crippen LogP contribution is -2.04. The Labute approximate surface area is 77.4 Å². The summed E-state index contributed by atoms with van der Waals surface area (Å²) in [7, 11) is 0. The minimum Gasteiger partial charge on any atom is -0.348 e. The molecule has 0 saturated heterocycles. The van der Waals surface area contributed by atoms with Gasteiger partial charge in [-0.05, 0) is 28.2 Å². The molecule has 12 heavy (non-hydrogen) atoms. The second kappa shape index (κ2) is 3.55. The normalized spacial score (nSPS) is 9.50. The number of aromatic nitrogens is 1. The number of halogens is 2. The number of hydrogen-bond donors (Lipinski definition) is 0. The van der Waals surface area contributed by atoms with Crippen molar-refractivity contribution < 1.29 is 10.0 Å². The molecule has 5 nitrogen and oxygen atoms in total. The number of aromatic amines is 1. The van der Waals surface area contributed by atoms with Crippen LogP contribution in [-0.4, -0.2) is 5.03 Å². The van der Waals surface area contributed by atoms with Crippen molar-refractivity contribution in [2.45, 2.75) is 0 Å². The third kappa shape index (κ3) is 2.52. The van der Waals surface area contributed by atoms with E-state index < -0.39 is 5.03 Å². The third-order valence-electron chi connectivity index (χ3n) is 0.985. The average molecular weight is 208 g/mol. The molecule has 0 atom stereocenters. The largest absolute Gasteiger partial charge is 0.348 e. The first-order valence-corrected chi connectivity index (χ1v) is 3.58. The Hall–Kier alpha value is -1.07. The molecular formula is C5H3Cl2N3O2. The summed E-state index contributed by atoms with van der Waals surface area (Å²) in [5, 5.41) is 9.51. The first-order valence-electron chi connectivity index (χ1n) is 2.82. The highest BCUT2D eigenvalue weighted by Crippen LogP contribution is 2.21. The van der Waals surface area contributed by atoms with E-state index >= 15 is 0 Å². The summed E-state index contributed by atoms with van der Waals surface area (Å²) in [6.45, 7) is 0. The summed E-state index contributed by atoms with van der Waals surface area (Å²) in [5.74, 6) is 0. The van der Waals surface area contributed by atoms with Gasteiger partial charge in [-0.25, -0.2) is 0 Å². The van der Waals surface area contributed by atoms with Gasteiger partial charge in [0, 0.05) is 12.1 Å². The van der Waals surface area contributed by atoms with Crippen molar-refractivity contribution in [3.05, 3.63) is 38.0 Å². The van der Waals surface area contributed by atoms with Crippen LogP contribution in [0.25, 0.3) is 5.43 Å². The van der Waals surface area contributed by atoms with Gasteiger partial charge >= 0.3 is 0 Å². The second-order valence-electron chi connectivity index (χ2n) is 1.87. The summed E-state index contributed by atoms with van der Waals surface area (Å²) in [4.78, 5) is 12.5. The number of H-pyrrole nitrogens is 1. The Kier molecular flexibility index (Phi) is 2.67. The van der Waals surface area contributed by atoms with Crippen LogP contribution in [0.15, 0.2) is 12.1 Å². The van der Waals surface area contributed by atoms with E-state index in [1.54, 1.807) is 0 Å². The summed E-state index contributed by atoms with van der Waals surface area (Å²) in [6, 6.07) is 2.60. The lowest BCUT2D eigenvalue weighted by atomic mass is 10.4. The molecule has 0 unspecified atom stereocenters. The molecule has 0 aliphatic rings. The SMILES string of the molecule is O=[N+]([O-])[N-]c1cc(Cl)[nH+]c(Cl)c1. The molecule has 0 aromatic carbocycles. The maximum atomic E-state index is 9.93. The van der Waals surface area contributed by atoms with Crippen molar-refractivity contribution in [1.29, 1.82) is 0 Å². The fraction of sp³-hybridized carbons (Fsp3) is 0. The molecule has 0 bridgehead atoms. The van der Waals surface area contributed by atoms with E-state index in [0.29, 0.717) is 0 Å². The highest BCUT2D eigenvalue weighted by atomic mass is 35.5. The molecule has 1 aromatic rings. The maximum Gasteiger partial charge on any atom is 0.273 e. The second-order valence-corrected chi connectivity index (χ2v) is 2.69. The van der Waals surface area contributed by atoms with E-state index in [-0.39, 0.29) is 16.0 Å². The van der Waals surface area contributed by atoms with Crippen LogP contribution >= 0.6 is 23.2 Å². The fourth-order valence-corrected chi connectivity index (χ4v) is 1.12. The lowest BCUT2D eigenvalue weighted by molar-refractivity contribution is -0.419. The molecule has 0 amide bonds. The molecule has 7 heteroatoms. The number of nitrogens with zero attached hydrogens (tertiary/aromatic N) is 2. The number of hydrogen-bond acceptors (Lipinski definition) is 2. The highest BCUT2D eigenvalue weighted by Gasteiger charge is 2.01. The molecule has 0 saturated carbocycles. The van der Waals surface area contributed by atoms with Crippen molar-refractivity contribution in [2.75, 3.05) is 0 Å². The predicted molar refractivity (Wildman–Crippen MR) is 43.0 cm³/mol. The summed E-state index contributed by atoms with van der Waals surface area (Å²) in [5.41, 5.74) is 3.12. The first-order chi connectivity index (χ1) is 5.58. The summed E-state index contributed by atoms with van der Waals surface area (Å²) >= 11 is 11.0. The summed E-state index contributed by atoms with van der Waals surface area (Å²) in [6.07, 6.45) is 0. The van der Waals surface area contributed by atoms with Crippen molar-refractivity contribution in [1.82, 2.24) is 0 Å². The van der Waals surface area contributed by atoms with Crippen LogP contribution in [-0.2, 0) is 0 Å². The van der Waals surface area contributed by atoms with E-state index in [2.05, 4.69) is 10.4 Å². The van der Waals surface area contributed by atoms with E-state index in [1.807, 2.05) is 0 Å². The first kappa shape index (κ1) is 9.02. The average Bonchev–Trinajstić information content (AvgIpc) is 1.81. The number of rotatable bonds is 2. The number of pyridine rings is 1. The van der Waals surface area contributed by atoms with Crippen molar-refractivity contribution >= 4 is 28.9 Å². The molecule has 0 spiro atoms. The van der Waals surface area contributed by atoms with Gasteiger partial charge in [-0.1, -0.05) is 5.69 Å². The Balaban J connectivity index is 2.93. The number of nitro groups is 1. The van der Waals surface area contributed by atoms with Crippen molar-refractivity contribution in [3.63, 3.8) is 0 Å². The molecule has 1 N–H and O–H groups in total. The van der Waals surface area contributed by atoms with Crippen molar-refractivity contribution in [2.24, 2.45) is 0 Å². The zero-order valence-corrected chi connectivity index (χ0v) is 7.13. The van der Waals surface area contributed by atoms with Gasteiger partial charge in [-0.2, -0.15) is 4.98 Å². The van der Waals surface area contributed by atoms with E-state index in [1.165, 1.54) is 12.1 Å². The Morgan fingerprint density at radius 2 is 1.92 bits per heavy atom. The Morgan fingerprint density at radius 1 is 1.42 bits per heavy atom. The molecule has 1 rings (SSSR count). The monoisotopic (exact) mass is 207 g/mol. The van der Waals surface area contributed by atoms with Crippen LogP contribution in [0.1, 0.15) is 0 Å². The molecule has 64 valence electrons. The summed E-state index contributed by atoms with van der Waals surface area (Å²) < 4.78 is 0. The molecule has 0 aliphatic heterocycles. The minimum absolute atomic E-state index is 0.105. The minimum atomic E-state index is -0.817. The van der Waals surface area contributed by atoms with Gasteiger partial charge in [0.15, 0.2) is 0 Å². The topological polar surface area (TPSA) is 71.4 Å². The van der Waals surface area contributed by atoms with Crippen LogP contribution in [0.4, 0.5) is 5.69 Å². The van der Waals surface area contributed by atoms with Gasteiger partial charge < -0.3 is 5.43 Å². The maximum absolute atomic E-state index is 9.93. The van der Waals surface area contributed by atoms with Gasteiger partial charge in [0.1, 0.15) is 0 Å². The smallest absolute Gasteiger partial charge is 0.273 e. The van der Waals surface area contributed by atoms with Crippen LogP contribution in [0.3, 0.4) is 0 Å². The third-order valence-corrected chi connectivity index (χ3v) is 1.39. The van der Waals surface area contributed by atoms with Crippen molar-refractivity contribution in [3.8, 4) is 0 Å².